The average molecular weight is 271 g/mol. The van der Waals surface area contributed by atoms with Gasteiger partial charge in [-0.1, -0.05) is 31.8 Å². The summed E-state index contributed by atoms with van der Waals surface area (Å²) in [4.78, 5) is 0. The minimum absolute atomic E-state index is 0.315. The molecule has 1 aliphatic rings. The molecule has 1 aliphatic carbocycles. The van der Waals surface area contributed by atoms with E-state index in [2.05, 4.69) is 44.7 Å². The molecule has 0 aliphatic heterocycles. The van der Waals surface area contributed by atoms with Gasteiger partial charge in [0.2, 0.25) is 0 Å². The molecule has 1 aromatic rings. The van der Waals surface area contributed by atoms with Crippen LogP contribution in [-0.2, 0) is 0 Å². The summed E-state index contributed by atoms with van der Waals surface area (Å²) in [6.45, 7) is 7.08. The highest BCUT2D eigenvalue weighted by Gasteiger charge is 2.25. The van der Waals surface area contributed by atoms with Crippen molar-refractivity contribution in [3.63, 3.8) is 0 Å². The van der Waals surface area contributed by atoms with E-state index in [0.717, 1.165) is 36.0 Å². The maximum atomic E-state index is 6.24. The van der Waals surface area contributed by atoms with E-state index in [4.69, 9.17) is 10.5 Å². The van der Waals surface area contributed by atoms with Crippen LogP contribution in [0.1, 0.15) is 44.2 Å². The van der Waals surface area contributed by atoms with Crippen molar-refractivity contribution in [3.05, 3.63) is 29.3 Å². The summed E-state index contributed by atoms with van der Waals surface area (Å²) in [5, 5.41) is 0. The number of ether oxygens (including phenoxy) is 1. The SMILES string of the molecule is Cc1ccc(OC2CC(C)CC(C)C2)c(C#CCN)c1. The smallest absolute Gasteiger partial charge is 0.135 e. The summed E-state index contributed by atoms with van der Waals surface area (Å²) >= 11 is 0. The van der Waals surface area contributed by atoms with Gasteiger partial charge in [0.05, 0.1) is 18.2 Å². The third-order valence-corrected chi connectivity index (χ3v) is 3.89. The van der Waals surface area contributed by atoms with Crippen molar-refractivity contribution >= 4 is 0 Å². The van der Waals surface area contributed by atoms with Crippen LogP contribution in [0.5, 0.6) is 5.75 Å². The highest BCUT2D eigenvalue weighted by atomic mass is 16.5. The standard InChI is InChI=1S/C18H25NO/c1-13-6-7-18(16(10-13)5-4-8-19)20-17-11-14(2)9-15(3)12-17/h6-7,10,14-15,17H,8-9,11-12,19H2,1-3H3. The molecular formula is C18H25NO. The number of hydrogen-bond acceptors (Lipinski definition) is 2. The van der Waals surface area contributed by atoms with Gasteiger partial charge in [-0.25, -0.2) is 0 Å². The minimum Gasteiger partial charge on any atom is -0.489 e. The molecule has 0 radical (unpaired) electrons. The largest absolute Gasteiger partial charge is 0.489 e. The van der Waals surface area contributed by atoms with Gasteiger partial charge >= 0.3 is 0 Å². The van der Waals surface area contributed by atoms with Crippen LogP contribution in [0.2, 0.25) is 0 Å². The van der Waals surface area contributed by atoms with Gasteiger partial charge in [0, 0.05) is 0 Å². The fraction of sp³-hybridized carbons (Fsp3) is 0.556. The summed E-state index contributed by atoms with van der Waals surface area (Å²) < 4.78 is 6.24. The second-order valence-electron chi connectivity index (χ2n) is 6.16. The van der Waals surface area contributed by atoms with Crippen LogP contribution in [0.3, 0.4) is 0 Å². The third kappa shape index (κ3) is 4.02. The van der Waals surface area contributed by atoms with Crippen molar-refractivity contribution in [2.75, 3.05) is 6.54 Å². The lowest BCUT2D eigenvalue weighted by Crippen LogP contribution is -2.28. The molecule has 2 nitrogen and oxygen atoms in total. The van der Waals surface area contributed by atoms with E-state index in [1.165, 1.54) is 12.0 Å². The van der Waals surface area contributed by atoms with E-state index in [1.54, 1.807) is 0 Å². The Balaban J connectivity index is 2.16. The molecule has 0 spiro atoms. The molecule has 20 heavy (non-hydrogen) atoms. The van der Waals surface area contributed by atoms with Crippen LogP contribution in [0.4, 0.5) is 0 Å². The van der Waals surface area contributed by atoms with Gasteiger partial charge in [-0.15, -0.1) is 0 Å². The normalized spacial score (nSPS) is 25.7. The van der Waals surface area contributed by atoms with E-state index >= 15 is 0 Å². The van der Waals surface area contributed by atoms with E-state index in [-0.39, 0.29) is 0 Å². The zero-order valence-electron chi connectivity index (χ0n) is 12.8. The first-order valence-corrected chi connectivity index (χ1v) is 7.54. The molecule has 0 aromatic heterocycles. The van der Waals surface area contributed by atoms with E-state index in [9.17, 15) is 0 Å². The summed E-state index contributed by atoms with van der Waals surface area (Å²) in [5.41, 5.74) is 7.63. The molecule has 0 amide bonds. The number of rotatable bonds is 2. The van der Waals surface area contributed by atoms with E-state index < -0.39 is 0 Å². The van der Waals surface area contributed by atoms with Crippen LogP contribution in [-0.4, -0.2) is 12.6 Å². The Morgan fingerprint density at radius 2 is 1.90 bits per heavy atom. The van der Waals surface area contributed by atoms with Gasteiger partial charge in [-0.2, -0.15) is 0 Å². The zero-order valence-corrected chi connectivity index (χ0v) is 12.8. The lowest BCUT2D eigenvalue weighted by molar-refractivity contribution is 0.101. The fourth-order valence-electron chi connectivity index (χ4n) is 3.14. The van der Waals surface area contributed by atoms with Gasteiger partial charge in [0.15, 0.2) is 0 Å². The molecule has 0 heterocycles. The first kappa shape index (κ1) is 14.9. The highest BCUT2D eigenvalue weighted by Crippen LogP contribution is 2.32. The number of benzene rings is 1. The number of aryl methyl sites for hydroxylation is 1. The van der Waals surface area contributed by atoms with Crippen molar-refractivity contribution in [3.8, 4) is 17.6 Å². The molecule has 1 saturated carbocycles. The molecule has 0 bridgehead atoms. The van der Waals surface area contributed by atoms with Crippen LogP contribution >= 0.6 is 0 Å². The minimum atomic E-state index is 0.315. The molecule has 2 atom stereocenters. The fourth-order valence-corrected chi connectivity index (χ4v) is 3.14. The lowest BCUT2D eigenvalue weighted by Gasteiger charge is -2.32. The monoisotopic (exact) mass is 271 g/mol. The first-order valence-electron chi connectivity index (χ1n) is 7.54. The van der Waals surface area contributed by atoms with Crippen LogP contribution in [0.25, 0.3) is 0 Å². The Morgan fingerprint density at radius 3 is 2.55 bits per heavy atom. The zero-order chi connectivity index (χ0) is 14.5. The Morgan fingerprint density at radius 1 is 1.20 bits per heavy atom. The molecule has 1 aromatic carbocycles. The van der Waals surface area contributed by atoms with Crippen molar-refractivity contribution in [1.82, 2.24) is 0 Å². The summed E-state index contributed by atoms with van der Waals surface area (Å²) in [5.74, 6) is 8.44. The molecule has 2 heteroatoms. The van der Waals surface area contributed by atoms with E-state index in [0.29, 0.717) is 12.6 Å². The van der Waals surface area contributed by atoms with Crippen molar-refractivity contribution in [1.29, 1.82) is 0 Å². The topological polar surface area (TPSA) is 35.2 Å². The maximum Gasteiger partial charge on any atom is 0.135 e. The van der Waals surface area contributed by atoms with Crippen LogP contribution in [0, 0.1) is 30.6 Å². The molecule has 108 valence electrons. The van der Waals surface area contributed by atoms with Gasteiger partial charge in [0.1, 0.15) is 5.75 Å². The molecule has 2 N–H and O–H groups in total. The highest BCUT2D eigenvalue weighted by molar-refractivity contribution is 5.48. The van der Waals surface area contributed by atoms with E-state index in [1.807, 2.05) is 6.07 Å². The number of hydrogen-bond donors (Lipinski definition) is 1. The van der Waals surface area contributed by atoms with Gasteiger partial charge in [-0.05, 0) is 55.7 Å². The van der Waals surface area contributed by atoms with Crippen molar-refractivity contribution in [2.45, 2.75) is 46.1 Å². The van der Waals surface area contributed by atoms with Crippen LogP contribution in [0.15, 0.2) is 18.2 Å². The third-order valence-electron chi connectivity index (χ3n) is 3.89. The Kier molecular flexibility index (Phi) is 5.09. The van der Waals surface area contributed by atoms with Gasteiger partial charge in [-0.3, -0.25) is 0 Å². The molecule has 2 rings (SSSR count). The Hall–Kier alpha value is -1.46. The molecule has 1 fully saturated rings. The van der Waals surface area contributed by atoms with Crippen LogP contribution < -0.4 is 10.5 Å². The summed E-state index contributed by atoms with van der Waals surface area (Å²) in [6, 6.07) is 6.20. The summed E-state index contributed by atoms with van der Waals surface area (Å²) in [7, 11) is 0. The Labute approximate surface area is 122 Å². The lowest BCUT2D eigenvalue weighted by atomic mass is 9.82. The predicted molar refractivity (Wildman–Crippen MR) is 83.7 cm³/mol. The van der Waals surface area contributed by atoms with Crippen molar-refractivity contribution < 1.29 is 4.74 Å². The van der Waals surface area contributed by atoms with Crippen molar-refractivity contribution in [2.24, 2.45) is 17.6 Å². The Bertz CT molecular complexity index is 502. The second-order valence-corrected chi connectivity index (χ2v) is 6.16. The average Bonchev–Trinajstić information content (AvgIpc) is 2.38. The maximum absolute atomic E-state index is 6.24. The second kappa shape index (κ2) is 6.81. The number of nitrogens with two attached hydrogens (primary N) is 1. The predicted octanol–water partition coefficient (Wildman–Crippen LogP) is 3.51. The first-order chi connectivity index (χ1) is 9.58. The van der Waals surface area contributed by atoms with Gasteiger partial charge in [0.25, 0.3) is 0 Å². The molecule has 0 saturated heterocycles. The quantitative estimate of drug-likeness (QED) is 0.835. The van der Waals surface area contributed by atoms with Gasteiger partial charge < -0.3 is 10.5 Å². The summed E-state index contributed by atoms with van der Waals surface area (Å²) in [6.07, 6.45) is 3.91. The molecule has 2 unspecified atom stereocenters. The molecular weight excluding hydrogens is 246 g/mol.